The number of hydrogen-bond acceptors (Lipinski definition) is 4. The molecule has 0 aliphatic carbocycles. The first-order chi connectivity index (χ1) is 12.2. The van der Waals surface area contributed by atoms with E-state index in [1.165, 1.54) is 0 Å². The minimum Gasteiger partial charge on any atom is -0.493 e. The van der Waals surface area contributed by atoms with Gasteiger partial charge in [0.05, 0.1) is 20.3 Å². The van der Waals surface area contributed by atoms with Crippen molar-refractivity contribution in [2.75, 3.05) is 20.8 Å². The number of ether oxygens (including phenoxy) is 3. The van der Waals surface area contributed by atoms with Crippen LogP contribution in [0.2, 0.25) is 0 Å². The van der Waals surface area contributed by atoms with E-state index in [0.29, 0.717) is 24.7 Å². The number of methoxy groups -OCH3 is 2. The van der Waals surface area contributed by atoms with Gasteiger partial charge in [0.25, 0.3) is 0 Å². The summed E-state index contributed by atoms with van der Waals surface area (Å²) in [6.07, 6.45) is 0.764. The molecule has 6 nitrogen and oxygen atoms in total. The molecule has 0 spiro atoms. The Morgan fingerprint density at radius 3 is 2.76 bits per heavy atom. The third kappa shape index (κ3) is 4.15. The number of hydrogen-bond donors (Lipinski definition) is 2. The van der Waals surface area contributed by atoms with Crippen LogP contribution in [0.5, 0.6) is 17.2 Å². The van der Waals surface area contributed by atoms with E-state index < -0.39 is 0 Å². The van der Waals surface area contributed by atoms with Crippen molar-refractivity contribution in [3.63, 3.8) is 0 Å². The van der Waals surface area contributed by atoms with E-state index >= 15 is 0 Å². The van der Waals surface area contributed by atoms with Gasteiger partial charge in [-0.25, -0.2) is 4.79 Å². The lowest BCUT2D eigenvalue weighted by atomic mass is 10.0. The maximum absolute atomic E-state index is 12.1. The van der Waals surface area contributed by atoms with Crippen molar-refractivity contribution in [1.29, 1.82) is 0 Å². The first-order valence-corrected chi connectivity index (χ1v) is 8.15. The van der Waals surface area contributed by atoms with Crippen LogP contribution in [0.1, 0.15) is 11.1 Å². The topological polar surface area (TPSA) is 68.8 Å². The van der Waals surface area contributed by atoms with E-state index in [-0.39, 0.29) is 12.1 Å². The fourth-order valence-corrected chi connectivity index (χ4v) is 2.83. The number of para-hydroxylation sites is 1. The Labute approximate surface area is 147 Å². The van der Waals surface area contributed by atoms with Crippen molar-refractivity contribution >= 4 is 6.03 Å². The summed E-state index contributed by atoms with van der Waals surface area (Å²) >= 11 is 0. The fourth-order valence-electron chi connectivity index (χ4n) is 2.83. The van der Waals surface area contributed by atoms with Crippen molar-refractivity contribution in [2.45, 2.75) is 19.0 Å². The maximum atomic E-state index is 12.1. The molecule has 2 N–H and O–H groups in total. The van der Waals surface area contributed by atoms with Gasteiger partial charge in [-0.2, -0.15) is 0 Å². The van der Waals surface area contributed by atoms with E-state index in [2.05, 4.69) is 10.6 Å². The molecule has 6 heteroatoms. The molecule has 0 unspecified atom stereocenters. The average molecular weight is 342 g/mol. The highest BCUT2D eigenvalue weighted by atomic mass is 16.5. The van der Waals surface area contributed by atoms with Crippen LogP contribution < -0.4 is 24.8 Å². The molecule has 25 heavy (non-hydrogen) atoms. The van der Waals surface area contributed by atoms with Crippen molar-refractivity contribution in [2.24, 2.45) is 0 Å². The monoisotopic (exact) mass is 342 g/mol. The van der Waals surface area contributed by atoms with Crippen molar-refractivity contribution < 1.29 is 19.0 Å². The number of carbonyl (C=O) groups excluding carboxylic acids is 1. The SMILES string of the molecule is COc1ccc(CNC(=O)N[C@@H]2COc3ccccc3C2)cc1OC. The Morgan fingerprint density at radius 2 is 1.96 bits per heavy atom. The van der Waals surface area contributed by atoms with Crippen LogP contribution in [0.25, 0.3) is 0 Å². The largest absolute Gasteiger partial charge is 0.493 e. The lowest BCUT2D eigenvalue weighted by Gasteiger charge is -2.26. The molecule has 2 aromatic rings. The Kier molecular flexibility index (Phi) is 5.28. The third-order valence-corrected chi connectivity index (χ3v) is 4.12. The molecule has 1 heterocycles. The second kappa shape index (κ2) is 7.79. The molecule has 1 atom stereocenters. The molecule has 1 aliphatic heterocycles. The summed E-state index contributed by atoms with van der Waals surface area (Å²) < 4.78 is 16.2. The van der Waals surface area contributed by atoms with E-state index in [9.17, 15) is 4.79 Å². The molecule has 1 aliphatic rings. The number of fused-ring (bicyclic) bond motifs is 1. The molecule has 0 radical (unpaired) electrons. The quantitative estimate of drug-likeness (QED) is 0.876. The lowest BCUT2D eigenvalue weighted by molar-refractivity contribution is 0.214. The summed E-state index contributed by atoms with van der Waals surface area (Å²) in [6.45, 7) is 0.872. The molecular weight excluding hydrogens is 320 g/mol. The molecule has 0 saturated carbocycles. The Balaban J connectivity index is 1.52. The van der Waals surface area contributed by atoms with E-state index in [4.69, 9.17) is 14.2 Å². The third-order valence-electron chi connectivity index (χ3n) is 4.12. The molecule has 132 valence electrons. The molecule has 0 fully saturated rings. The first-order valence-electron chi connectivity index (χ1n) is 8.15. The Morgan fingerprint density at radius 1 is 1.16 bits per heavy atom. The minimum atomic E-state index is -0.220. The van der Waals surface area contributed by atoms with Crippen LogP contribution in [-0.2, 0) is 13.0 Å². The van der Waals surface area contributed by atoms with Gasteiger partial charge in [0, 0.05) is 6.54 Å². The summed E-state index contributed by atoms with van der Waals surface area (Å²) in [5.74, 6) is 2.19. The van der Waals surface area contributed by atoms with Crippen LogP contribution in [0.4, 0.5) is 4.79 Å². The number of carbonyl (C=O) groups is 1. The highest BCUT2D eigenvalue weighted by Crippen LogP contribution is 2.27. The van der Waals surface area contributed by atoms with Gasteiger partial charge >= 0.3 is 6.03 Å². The van der Waals surface area contributed by atoms with Gasteiger partial charge in [0.1, 0.15) is 12.4 Å². The van der Waals surface area contributed by atoms with Crippen molar-refractivity contribution in [3.05, 3.63) is 53.6 Å². The summed E-state index contributed by atoms with van der Waals surface area (Å²) in [5.41, 5.74) is 2.04. The van der Waals surface area contributed by atoms with Gasteiger partial charge in [-0.3, -0.25) is 0 Å². The molecule has 2 aromatic carbocycles. The summed E-state index contributed by atoms with van der Waals surface area (Å²) in [7, 11) is 3.18. The fraction of sp³-hybridized carbons (Fsp3) is 0.316. The van der Waals surface area contributed by atoms with Crippen LogP contribution >= 0.6 is 0 Å². The van der Waals surface area contributed by atoms with Gasteiger partial charge in [-0.15, -0.1) is 0 Å². The molecular formula is C19H22N2O4. The maximum Gasteiger partial charge on any atom is 0.315 e. The lowest BCUT2D eigenvalue weighted by Crippen LogP contribution is -2.47. The van der Waals surface area contributed by atoms with Gasteiger partial charge in [0.15, 0.2) is 11.5 Å². The second-order valence-corrected chi connectivity index (χ2v) is 5.84. The zero-order valence-electron chi connectivity index (χ0n) is 14.4. The van der Waals surface area contributed by atoms with Crippen molar-refractivity contribution in [1.82, 2.24) is 10.6 Å². The van der Waals surface area contributed by atoms with Crippen molar-refractivity contribution in [3.8, 4) is 17.2 Å². The number of benzene rings is 2. The van der Waals surface area contributed by atoms with Gasteiger partial charge in [0.2, 0.25) is 0 Å². The van der Waals surface area contributed by atoms with Gasteiger partial charge < -0.3 is 24.8 Å². The predicted molar refractivity (Wildman–Crippen MR) is 94.3 cm³/mol. The molecule has 0 saturated heterocycles. The average Bonchev–Trinajstić information content (AvgIpc) is 2.66. The van der Waals surface area contributed by atoms with E-state index in [1.54, 1.807) is 14.2 Å². The van der Waals surface area contributed by atoms with Crippen LogP contribution in [0.3, 0.4) is 0 Å². The van der Waals surface area contributed by atoms with E-state index in [0.717, 1.165) is 23.3 Å². The van der Waals surface area contributed by atoms with Gasteiger partial charge in [-0.1, -0.05) is 24.3 Å². The number of nitrogens with one attached hydrogen (secondary N) is 2. The normalized spacial score (nSPS) is 15.5. The Bertz CT molecular complexity index is 748. The van der Waals surface area contributed by atoms with Gasteiger partial charge in [-0.05, 0) is 35.7 Å². The smallest absolute Gasteiger partial charge is 0.315 e. The van der Waals surface area contributed by atoms with Crippen LogP contribution in [0.15, 0.2) is 42.5 Å². The standard InChI is InChI=1S/C19H22N2O4/c1-23-17-8-7-13(9-18(17)24-2)11-20-19(22)21-15-10-14-5-3-4-6-16(14)25-12-15/h3-9,15H,10-12H2,1-2H3,(H2,20,21,22)/t15-/m0/s1. The molecule has 0 aromatic heterocycles. The second-order valence-electron chi connectivity index (χ2n) is 5.84. The Hall–Kier alpha value is -2.89. The zero-order valence-corrected chi connectivity index (χ0v) is 14.4. The minimum absolute atomic E-state index is 0.0414. The summed E-state index contributed by atoms with van der Waals surface area (Å²) in [5, 5.41) is 5.81. The predicted octanol–water partition coefficient (Wildman–Crippen LogP) is 2.51. The molecule has 0 bridgehead atoms. The zero-order chi connectivity index (χ0) is 17.6. The van der Waals surface area contributed by atoms with Crippen LogP contribution in [-0.4, -0.2) is 32.9 Å². The molecule has 3 rings (SSSR count). The number of amides is 2. The first kappa shape index (κ1) is 17.0. The highest BCUT2D eigenvalue weighted by molar-refractivity contribution is 5.74. The summed E-state index contributed by atoms with van der Waals surface area (Å²) in [4.78, 5) is 12.1. The number of rotatable bonds is 5. The highest BCUT2D eigenvalue weighted by Gasteiger charge is 2.20. The van der Waals surface area contributed by atoms with Crippen LogP contribution in [0, 0.1) is 0 Å². The summed E-state index contributed by atoms with van der Waals surface area (Å²) in [6, 6.07) is 13.2. The van der Waals surface area contributed by atoms with E-state index in [1.807, 2.05) is 42.5 Å². The molecule has 2 amide bonds. The number of urea groups is 1.